The third-order valence-corrected chi connectivity index (χ3v) is 8.13. The Labute approximate surface area is 242 Å². The zero-order chi connectivity index (χ0) is 28.5. The molecule has 2 aliphatic heterocycles. The highest BCUT2D eigenvalue weighted by Gasteiger charge is 2.64. The van der Waals surface area contributed by atoms with Crippen molar-refractivity contribution in [1.29, 1.82) is 0 Å². The fraction of sp³-hybridized carbons (Fsp3) is 0.258. The molecular weight excluding hydrogens is 547 g/mol. The largest absolute Gasteiger partial charge is 0.496 e. The van der Waals surface area contributed by atoms with Gasteiger partial charge >= 0.3 is 0 Å². The summed E-state index contributed by atoms with van der Waals surface area (Å²) in [7, 11) is 1.62. The van der Waals surface area contributed by atoms with Gasteiger partial charge < -0.3 is 14.6 Å². The Balaban J connectivity index is 1.70. The number of ether oxygens (including phenoxy) is 1. The molecule has 1 spiro atoms. The number of carbonyl (C=O) groups excluding carboxylic acids is 2. The summed E-state index contributed by atoms with van der Waals surface area (Å²) >= 11 is 12.7. The molecule has 0 aliphatic carbocycles. The van der Waals surface area contributed by atoms with Gasteiger partial charge in [-0.15, -0.1) is 0 Å². The second kappa shape index (κ2) is 9.39. The van der Waals surface area contributed by atoms with E-state index in [1.807, 2.05) is 36.6 Å². The van der Waals surface area contributed by atoms with Crippen LogP contribution in [0.1, 0.15) is 67.0 Å². The van der Waals surface area contributed by atoms with Gasteiger partial charge in [-0.05, 0) is 67.8 Å². The number of aromatic nitrogens is 2. The van der Waals surface area contributed by atoms with E-state index in [0.29, 0.717) is 50.2 Å². The molecule has 3 heterocycles. The summed E-state index contributed by atoms with van der Waals surface area (Å²) in [5.41, 5.74) is 2.68. The van der Waals surface area contributed by atoms with Crippen LogP contribution in [0.2, 0.25) is 10.0 Å². The predicted molar refractivity (Wildman–Crippen MR) is 158 cm³/mol. The van der Waals surface area contributed by atoms with Crippen molar-refractivity contribution in [3.63, 3.8) is 0 Å². The number of benzene rings is 3. The molecule has 0 saturated heterocycles. The number of methoxy groups -OCH3 is 1. The van der Waals surface area contributed by atoms with Gasteiger partial charge in [0.05, 0.1) is 18.4 Å². The number of nitrogens with one attached hydrogen (secondary N) is 1. The molecule has 2 aliphatic rings. The summed E-state index contributed by atoms with van der Waals surface area (Å²) in [6.45, 7) is 8.26. The number of hydrogen-bond donors (Lipinski definition) is 1. The van der Waals surface area contributed by atoms with Gasteiger partial charge in [0, 0.05) is 33.0 Å². The summed E-state index contributed by atoms with van der Waals surface area (Å²) in [6, 6.07) is 18.0. The zero-order valence-electron chi connectivity index (χ0n) is 22.8. The molecule has 40 heavy (non-hydrogen) atoms. The molecular formula is C31H28Cl2N4O3. The average molecular weight is 575 g/mol. The van der Waals surface area contributed by atoms with Crippen molar-refractivity contribution in [2.45, 2.75) is 45.2 Å². The molecule has 4 aromatic rings. The molecule has 7 nitrogen and oxygen atoms in total. The highest BCUT2D eigenvalue weighted by atomic mass is 35.5. The Morgan fingerprint density at radius 3 is 2.38 bits per heavy atom. The number of fused-ring (bicyclic) bond motifs is 4. The maximum atomic E-state index is 14.4. The van der Waals surface area contributed by atoms with Crippen LogP contribution in [0.4, 0.5) is 11.4 Å². The third kappa shape index (κ3) is 3.61. The molecule has 2 amide bonds. The highest BCUT2D eigenvalue weighted by molar-refractivity contribution is 6.32. The number of hydrogen-bond acceptors (Lipinski definition) is 4. The van der Waals surface area contributed by atoms with E-state index in [-0.39, 0.29) is 17.6 Å². The SMILES string of the molecule is COc1cc(C(C)C)ccc1-c1nc2c(n1C(C)C)[C@@]1(C(=O)Nc3cc(Cl)ccc31)N(c1cccc(Cl)c1)C2=O. The van der Waals surface area contributed by atoms with Gasteiger partial charge in [0.25, 0.3) is 11.8 Å². The first kappa shape index (κ1) is 26.4. The number of halogens is 2. The molecule has 0 radical (unpaired) electrons. The normalized spacial score (nSPS) is 17.7. The second-order valence-electron chi connectivity index (χ2n) is 10.7. The van der Waals surface area contributed by atoms with E-state index in [2.05, 4.69) is 19.2 Å². The smallest absolute Gasteiger partial charge is 0.280 e. The van der Waals surface area contributed by atoms with Gasteiger partial charge in [-0.25, -0.2) is 4.98 Å². The molecule has 204 valence electrons. The van der Waals surface area contributed by atoms with Crippen LogP contribution < -0.4 is 15.0 Å². The number of nitrogens with zero attached hydrogens (tertiary/aromatic N) is 3. The number of carbonyl (C=O) groups is 2. The fourth-order valence-corrected chi connectivity index (χ4v) is 6.25. The molecule has 9 heteroatoms. The Morgan fingerprint density at radius 2 is 1.70 bits per heavy atom. The van der Waals surface area contributed by atoms with Crippen LogP contribution in [-0.4, -0.2) is 28.5 Å². The Hall–Kier alpha value is -3.81. The minimum atomic E-state index is -1.53. The Bertz CT molecular complexity index is 1710. The summed E-state index contributed by atoms with van der Waals surface area (Å²) < 4.78 is 7.79. The zero-order valence-corrected chi connectivity index (χ0v) is 24.3. The minimum Gasteiger partial charge on any atom is -0.496 e. The third-order valence-electron chi connectivity index (χ3n) is 7.66. The van der Waals surface area contributed by atoms with E-state index >= 15 is 0 Å². The van der Waals surface area contributed by atoms with Crippen molar-refractivity contribution in [3.05, 3.63) is 93.2 Å². The summed E-state index contributed by atoms with van der Waals surface area (Å²) in [5, 5.41) is 3.91. The van der Waals surface area contributed by atoms with E-state index in [9.17, 15) is 9.59 Å². The topological polar surface area (TPSA) is 76.5 Å². The molecule has 0 unspecified atom stereocenters. The molecule has 1 N–H and O–H groups in total. The highest BCUT2D eigenvalue weighted by Crippen LogP contribution is 2.54. The number of amides is 2. The van der Waals surface area contributed by atoms with Crippen molar-refractivity contribution in [2.75, 3.05) is 17.3 Å². The number of rotatable bonds is 5. The first-order valence-electron chi connectivity index (χ1n) is 13.1. The van der Waals surface area contributed by atoms with Gasteiger partial charge in [-0.3, -0.25) is 14.5 Å². The van der Waals surface area contributed by atoms with Crippen molar-refractivity contribution in [2.24, 2.45) is 0 Å². The number of anilines is 2. The van der Waals surface area contributed by atoms with Gasteiger partial charge in [0.15, 0.2) is 11.2 Å². The van der Waals surface area contributed by atoms with Gasteiger partial charge in [0.2, 0.25) is 0 Å². The number of imidazole rings is 1. The monoisotopic (exact) mass is 574 g/mol. The van der Waals surface area contributed by atoms with Gasteiger partial charge in [0.1, 0.15) is 11.6 Å². The van der Waals surface area contributed by atoms with E-state index in [0.717, 1.165) is 11.1 Å². The van der Waals surface area contributed by atoms with Gasteiger partial charge in [-0.1, -0.05) is 55.2 Å². The van der Waals surface area contributed by atoms with Crippen LogP contribution in [0, 0.1) is 0 Å². The molecule has 6 rings (SSSR count). The molecule has 0 saturated carbocycles. The van der Waals surface area contributed by atoms with E-state index < -0.39 is 11.4 Å². The summed E-state index contributed by atoms with van der Waals surface area (Å²) in [6.07, 6.45) is 0. The summed E-state index contributed by atoms with van der Waals surface area (Å²) in [5.74, 6) is 0.745. The molecule has 1 atom stereocenters. The van der Waals surface area contributed by atoms with E-state index in [4.69, 9.17) is 32.9 Å². The van der Waals surface area contributed by atoms with Gasteiger partial charge in [-0.2, -0.15) is 0 Å². The van der Waals surface area contributed by atoms with Crippen LogP contribution in [-0.2, 0) is 10.3 Å². The van der Waals surface area contributed by atoms with Crippen molar-refractivity contribution in [3.8, 4) is 17.1 Å². The summed E-state index contributed by atoms with van der Waals surface area (Å²) in [4.78, 5) is 35.1. The minimum absolute atomic E-state index is 0.158. The van der Waals surface area contributed by atoms with Crippen LogP contribution >= 0.6 is 23.2 Å². The molecule has 0 fully saturated rings. The first-order chi connectivity index (χ1) is 19.1. The second-order valence-corrected chi connectivity index (χ2v) is 11.6. The maximum absolute atomic E-state index is 14.4. The van der Waals surface area contributed by atoms with E-state index in [1.165, 1.54) is 4.90 Å². The lowest BCUT2D eigenvalue weighted by Crippen LogP contribution is -2.51. The van der Waals surface area contributed by atoms with Crippen molar-refractivity contribution >= 4 is 46.4 Å². The van der Waals surface area contributed by atoms with E-state index in [1.54, 1.807) is 49.6 Å². The fourth-order valence-electron chi connectivity index (χ4n) is 5.89. The standard InChI is InChI=1S/C31H28Cl2N4O3/c1-16(2)18-9-11-22(25(13-18)40-5)28-35-26-27(36(28)17(3)4)31(23-12-10-20(33)15-24(23)34-30(31)39)37(29(26)38)21-8-6-7-19(32)14-21/h6-17H,1-5H3,(H,34,39)/t31-/m0/s1. The first-order valence-corrected chi connectivity index (χ1v) is 13.9. The lowest BCUT2D eigenvalue weighted by molar-refractivity contribution is -0.119. The van der Waals surface area contributed by atoms with Crippen LogP contribution in [0.25, 0.3) is 11.4 Å². The molecule has 3 aromatic carbocycles. The maximum Gasteiger partial charge on any atom is 0.280 e. The predicted octanol–water partition coefficient (Wildman–Crippen LogP) is 7.43. The molecule has 0 bridgehead atoms. The lowest BCUT2D eigenvalue weighted by Gasteiger charge is -2.35. The van der Waals surface area contributed by atoms with Crippen molar-refractivity contribution in [1.82, 2.24) is 9.55 Å². The van der Waals surface area contributed by atoms with Crippen LogP contribution in [0.15, 0.2) is 60.7 Å². The average Bonchev–Trinajstić information content (AvgIpc) is 3.52. The quantitative estimate of drug-likeness (QED) is 0.269. The lowest BCUT2D eigenvalue weighted by atomic mass is 9.87. The van der Waals surface area contributed by atoms with Crippen LogP contribution in [0.3, 0.4) is 0 Å². The Morgan fingerprint density at radius 1 is 0.950 bits per heavy atom. The molecule has 1 aromatic heterocycles. The van der Waals surface area contributed by atoms with Crippen molar-refractivity contribution < 1.29 is 14.3 Å². The Kier molecular flexibility index (Phi) is 6.20. The van der Waals surface area contributed by atoms with Crippen LogP contribution in [0.5, 0.6) is 5.75 Å².